The first-order valence-corrected chi connectivity index (χ1v) is 6.50. The molecule has 2 heterocycles. The molecule has 1 aliphatic rings. The number of amides is 1. The van der Waals surface area contributed by atoms with E-state index in [2.05, 4.69) is 10.3 Å². The molecule has 0 saturated heterocycles. The van der Waals surface area contributed by atoms with Gasteiger partial charge in [-0.25, -0.2) is 0 Å². The number of nitrogens with one attached hydrogen (secondary N) is 2. The molecule has 0 spiro atoms. The van der Waals surface area contributed by atoms with Crippen LogP contribution in [0.2, 0.25) is 0 Å². The second-order valence-corrected chi connectivity index (χ2v) is 4.59. The van der Waals surface area contributed by atoms with E-state index < -0.39 is 0 Å². The number of hydrogen-bond donors (Lipinski definition) is 2. The van der Waals surface area contributed by atoms with Crippen LogP contribution in [0.3, 0.4) is 0 Å². The van der Waals surface area contributed by atoms with Crippen LogP contribution in [0.5, 0.6) is 5.75 Å². The number of aromatic amines is 1. The summed E-state index contributed by atoms with van der Waals surface area (Å²) in [6.07, 6.45) is 3.57. The molecule has 0 aliphatic carbocycles. The number of carbonyl (C=O) groups excluding carboxylic acids is 1. The van der Waals surface area contributed by atoms with Crippen LogP contribution in [0.25, 0.3) is 0 Å². The maximum absolute atomic E-state index is 12.1. The average molecular weight is 256 g/mol. The quantitative estimate of drug-likeness (QED) is 0.878. The van der Waals surface area contributed by atoms with Crippen molar-refractivity contribution < 1.29 is 9.53 Å². The van der Waals surface area contributed by atoms with Gasteiger partial charge in [-0.3, -0.25) is 4.79 Å². The molecule has 4 heteroatoms. The lowest BCUT2D eigenvalue weighted by molar-refractivity contribution is 0.0951. The van der Waals surface area contributed by atoms with Gasteiger partial charge < -0.3 is 15.0 Å². The monoisotopic (exact) mass is 256 g/mol. The van der Waals surface area contributed by atoms with Crippen LogP contribution >= 0.6 is 0 Å². The minimum absolute atomic E-state index is 0.0645. The molecule has 1 aliphatic heterocycles. The molecule has 0 bridgehead atoms. The summed E-state index contributed by atoms with van der Waals surface area (Å²) in [5.74, 6) is 0.685. The molecule has 98 valence electrons. The van der Waals surface area contributed by atoms with Crippen molar-refractivity contribution in [2.24, 2.45) is 0 Å². The molecule has 0 fully saturated rings. The van der Waals surface area contributed by atoms with Crippen LogP contribution < -0.4 is 10.1 Å². The number of benzene rings is 1. The number of ether oxygens (including phenoxy) is 1. The van der Waals surface area contributed by atoms with Gasteiger partial charge in [0.2, 0.25) is 0 Å². The molecule has 1 aromatic heterocycles. The average Bonchev–Trinajstić information content (AvgIpc) is 3.08. The van der Waals surface area contributed by atoms with Crippen LogP contribution in [-0.4, -0.2) is 24.0 Å². The zero-order valence-corrected chi connectivity index (χ0v) is 10.6. The Kier molecular flexibility index (Phi) is 3.23. The number of carbonyl (C=O) groups is 1. The van der Waals surface area contributed by atoms with Gasteiger partial charge in [0.15, 0.2) is 0 Å². The van der Waals surface area contributed by atoms with E-state index in [-0.39, 0.29) is 5.91 Å². The molecule has 0 atom stereocenters. The summed E-state index contributed by atoms with van der Waals surface area (Å²) in [6.45, 7) is 1.28. The molecule has 2 aromatic rings. The number of hydrogen-bond acceptors (Lipinski definition) is 2. The van der Waals surface area contributed by atoms with E-state index in [1.807, 2.05) is 36.5 Å². The Bertz CT molecular complexity index is 576. The van der Waals surface area contributed by atoms with E-state index in [9.17, 15) is 4.79 Å². The maximum Gasteiger partial charge on any atom is 0.255 e. The van der Waals surface area contributed by atoms with Crippen molar-refractivity contribution in [3.63, 3.8) is 0 Å². The summed E-state index contributed by atoms with van der Waals surface area (Å²) >= 11 is 0. The van der Waals surface area contributed by atoms with Gasteiger partial charge in [0.05, 0.1) is 12.2 Å². The van der Waals surface area contributed by atoms with Crippen molar-refractivity contribution in [1.29, 1.82) is 0 Å². The molecule has 1 aromatic carbocycles. The van der Waals surface area contributed by atoms with E-state index in [4.69, 9.17) is 4.74 Å². The first kappa shape index (κ1) is 11.8. The van der Waals surface area contributed by atoms with Gasteiger partial charge in [0.1, 0.15) is 5.75 Å². The molecule has 0 unspecified atom stereocenters. The number of fused-ring (bicyclic) bond motifs is 1. The second kappa shape index (κ2) is 5.18. The fraction of sp³-hybridized carbons (Fsp3) is 0.267. The number of rotatable bonds is 4. The molecular weight excluding hydrogens is 240 g/mol. The molecule has 0 saturated carbocycles. The maximum atomic E-state index is 12.1. The molecule has 1 amide bonds. The summed E-state index contributed by atoms with van der Waals surface area (Å²) in [5.41, 5.74) is 2.88. The lowest BCUT2D eigenvalue weighted by Gasteiger charge is -2.08. The van der Waals surface area contributed by atoms with Gasteiger partial charge in [-0.1, -0.05) is 12.1 Å². The van der Waals surface area contributed by atoms with Crippen molar-refractivity contribution >= 4 is 5.91 Å². The van der Waals surface area contributed by atoms with E-state index in [0.29, 0.717) is 18.7 Å². The summed E-state index contributed by atoms with van der Waals surface area (Å²) in [6, 6.07) is 9.70. The van der Waals surface area contributed by atoms with E-state index >= 15 is 0 Å². The Morgan fingerprint density at radius 3 is 3.11 bits per heavy atom. The topological polar surface area (TPSA) is 54.1 Å². The zero-order chi connectivity index (χ0) is 13.1. The van der Waals surface area contributed by atoms with E-state index in [1.54, 1.807) is 0 Å². The van der Waals surface area contributed by atoms with Gasteiger partial charge >= 0.3 is 0 Å². The number of para-hydroxylation sites is 1. The first-order chi connectivity index (χ1) is 9.34. The van der Waals surface area contributed by atoms with Gasteiger partial charge in [0, 0.05) is 31.3 Å². The highest BCUT2D eigenvalue weighted by Crippen LogP contribution is 2.29. The van der Waals surface area contributed by atoms with Crippen molar-refractivity contribution in [2.75, 3.05) is 13.2 Å². The second-order valence-electron chi connectivity index (χ2n) is 4.59. The molecule has 4 nitrogen and oxygen atoms in total. The van der Waals surface area contributed by atoms with Gasteiger partial charge in [-0.05, 0) is 23.8 Å². The number of aromatic nitrogens is 1. The highest BCUT2D eigenvalue weighted by atomic mass is 16.5. The van der Waals surface area contributed by atoms with Crippen molar-refractivity contribution in [1.82, 2.24) is 10.3 Å². The number of H-pyrrole nitrogens is 1. The predicted octanol–water partition coefficient (Wildman–Crippen LogP) is 1.92. The Labute approximate surface area is 111 Å². The minimum atomic E-state index is -0.0645. The fourth-order valence-corrected chi connectivity index (χ4v) is 2.32. The van der Waals surface area contributed by atoms with Crippen molar-refractivity contribution in [3.05, 3.63) is 53.3 Å². The third-order valence-corrected chi connectivity index (χ3v) is 3.30. The smallest absolute Gasteiger partial charge is 0.255 e. The van der Waals surface area contributed by atoms with E-state index in [1.165, 1.54) is 0 Å². The van der Waals surface area contributed by atoms with Crippen molar-refractivity contribution in [3.8, 4) is 5.75 Å². The molecular formula is C15H16N2O2. The fourth-order valence-electron chi connectivity index (χ4n) is 2.32. The highest BCUT2D eigenvalue weighted by molar-refractivity contribution is 5.97. The van der Waals surface area contributed by atoms with Gasteiger partial charge in [-0.15, -0.1) is 0 Å². The minimum Gasteiger partial charge on any atom is -0.492 e. The van der Waals surface area contributed by atoms with Crippen LogP contribution in [-0.2, 0) is 12.8 Å². The largest absolute Gasteiger partial charge is 0.492 e. The predicted molar refractivity (Wildman–Crippen MR) is 72.5 cm³/mol. The zero-order valence-electron chi connectivity index (χ0n) is 10.6. The Morgan fingerprint density at radius 1 is 1.32 bits per heavy atom. The van der Waals surface area contributed by atoms with Crippen LogP contribution in [0.15, 0.2) is 36.5 Å². The van der Waals surface area contributed by atoms with Gasteiger partial charge in [0.25, 0.3) is 5.91 Å². The van der Waals surface area contributed by atoms with Crippen LogP contribution in [0.1, 0.15) is 21.6 Å². The molecule has 19 heavy (non-hydrogen) atoms. The summed E-state index contributed by atoms with van der Waals surface area (Å²) in [5, 5.41) is 2.93. The van der Waals surface area contributed by atoms with Crippen LogP contribution in [0.4, 0.5) is 0 Å². The first-order valence-electron chi connectivity index (χ1n) is 6.50. The molecule has 0 radical (unpaired) electrons. The van der Waals surface area contributed by atoms with Crippen LogP contribution in [0, 0.1) is 0 Å². The summed E-state index contributed by atoms with van der Waals surface area (Å²) < 4.78 is 5.54. The SMILES string of the molecule is O=C(NCCc1ccc[nH]1)c1cccc2c1OCC2. The lowest BCUT2D eigenvalue weighted by Crippen LogP contribution is -2.26. The molecule has 3 rings (SSSR count). The highest BCUT2D eigenvalue weighted by Gasteiger charge is 2.19. The summed E-state index contributed by atoms with van der Waals surface area (Å²) in [4.78, 5) is 15.2. The third kappa shape index (κ3) is 2.47. The normalized spacial score (nSPS) is 12.8. The third-order valence-electron chi connectivity index (χ3n) is 3.30. The Balaban J connectivity index is 1.63. The standard InChI is InChI=1S/C15H16N2O2/c18-15(17-9-6-12-4-2-8-16-12)13-5-1-3-11-7-10-19-14(11)13/h1-5,8,16H,6-7,9-10H2,(H,17,18). The van der Waals surface area contributed by atoms with Gasteiger partial charge in [-0.2, -0.15) is 0 Å². The Morgan fingerprint density at radius 2 is 2.26 bits per heavy atom. The van der Waals surface area contributed by atoms with Crippen molar-refractivity contribution in [2.45, 2.75) is 12.8 Å². The van der Waals surface area contributed by atoms with E-state index in [0.717, 1.165) is 29.8 Å². The summed E-state index contributed by atoms with van der Waals surface area (Å²) in [7, 11) is 0. The Hall–Kier alpha value is -2.23. The molecule has 2 N–H and O–H groups in total. The lowest BCUT2D eigenvalue weighted by atomic mass is 10.1.